The number of aliphatic hydroxyl groups is 1. The Morgan fingerprint density at radius 1 is 1.00 bits per heavy atom. The van der Waals surface area contributed by atoms with Crippen molar-refractivity contribution in [1.82, 2.24) is 15.0 Å². The van der Waals surface area contributed by atoms with Crippen LogP contribution in [0.3, 0.4) is 0 Å². The number of ether oxygens (including phenoxy) is 2. The lowest BCUT2D eigenvalue weighted by molar-refractivity contribution is 0.0361. The number of aromatic carboxylic acids is 1. The first-order chi connectivity index (χ1) is 20.4. The molecule has 222 valence electrons. The number of anilines is 4. The maximum Gasteiger partial charge on any atom is 0.339 e. The van der Waals surface area contributed by atoms with E-state index in [1.807, 2.05) is 6.07 Å². The molecule has 0 unspecified atom stereocenters. The number of rotatable bonds is 16. The molecule has 5 N–H and O–H groups in total. The van der Waals surface area contributed by atoms with Crippen molar-refractivity contribution < 1.29 is 28.9 Å². The van der Waals surface area contributed by atoms with Gasteiger partial charge in [-0.3, -0.25) is 4.98 Å². The predicted octanol–water partition coefficient (Wildman–Crippen LogP) is 5.24. The van der Waals surface area contributed by atoms with Gasteiger partial charge in [-0.15, -0.1) is 0 Å². The molecule has 1 aromatic carbocycles. The van der Waals surface area contributed by atoms with Gasteiger partial charge in [0.1, 0.15) is 28.6 Å². The molecule has 0 saturated heterocycles. The molecule has 12 nitrogen and oxygen atoms in total. The lowest BCUT2D eigenvalue weighted by Crippen LogP contribution is -2.17. The monoisotopic (exact) mass is 616 g/mol. The second-order valence-electron chi connectivity index (χ2n) is 8.81. The molecular weight excluding hydrogens is 587 g/mol. The number of hydrogen-bond donors (Lipinski definition) is 5. The molecule has 0 fully saturated rings. The summed E-state index contributed by atoms with van der Waals surface area (Å²) in [7, 11) is 0. The zero-order valence-electron chi connectivity index (χ0n) is 22.7. The predicted molar refractivity (Wildman–Crippen MR) is 160 cm³/mol. The first-order valence-electron chi connectivity index (χ1n) is 13.0. The Labute approximate surface area is 252 Å². The van der Waals surface area contributed by atoms with E-state index in [4.69, 9.17) is 42.2 Å². The molecule has 42 heavy (non-hydrogen) atoms. The van der Waals surface area contributed by atoms with E-state index in [0.29, 0.717) is 82.3 Å². The molecule has 0 amide bonds. The second kappa shape index (κ2) is 15.3. The number of pyridine rings is 1. The van der Waals surface area contributed by atoms with Crippen LogP contribution in [0.2, 0.25) is 10.0 Å². The van der Waals surface area contributed by atoms with E-state index in [1.165, 1.54) is 12.4 Å². The molecule has 4 rings (SSSR count). The average Bonchev–Trinajstić information content (AvgIpc) is 3.44. The molecular formula is C28H30Cl2N6O6. The third-order valence-corrected chi connectivity index (χ3v) is 6.33. The number of aliphatic hydroxyl groups excluding tert-OH is 1. The smallest absolute Gasteiger partial charge is 0.339 e. The normalized spacial score (nSPS) is 11.0. The minimum atomic E-state index is -1.13. The van der Waals surface area contributed by atoms with Gasteiger partial charge in [0.25, 0.3) is 0 Å². The highest BCUT2D eigenvalue weighted by Crippen LogP contribution is 2.34. The first-order valence-corrected chi connectivity index (χ1v) is 13.7. The number of carboxylic acids is 1. The zero-order valence-corrected chi connectivity index (χ0v) is 24.2. The maximum atomic E-state index is 11.8. The number of nitrogens with one attached hydrogen (secondary N) is 3. The van der Waals surface area contributed by atoms with Crippen LogP contribution in [0.25, 0.3) is 11.3 Å². The van der Waals surface area contributed by atoms with Crippen molar-refractivity contribution >= 4 is 52.2 Å². The van der Waals surface area contributed by atoms with Gasteiger partial charge in [0.2, 0.25) is 0 Å². The highest BCUT2D eigenvalue weighted by Gasteiger charge is 2.18. The Morgan fingerprint density at radius 3 is 2.57 bits per heavy atom. The maximum absolute atomic E-state index is 11.8. The number of benzene rings is 1. The number of halogens is 2. The SMILES string of the molecule is Cc1nc(NCCOCCOCCO)c(NCc2ccc(-c3cc(Cl)ccc3Cl)o2)c(Nc2ccncc2C(=O)O)n1. The van der Waals surface area contributed by atoms with Gasteiger partial charge in [0.05, 0.1) is 50.3 Å². The fourth-order valence-electron chi connectivity index (χ4n) is 3.87. The number of nitrogens with zero attached hydrogens (tertiary/aromatic N) is 3. The summed E-state index contributed by atoms with van der Waals surface area (Å²) in [5.41, 5.74) is 1.45. The molecule has 14 heteroatoms. The first kappa shape index (κ1) is 31.0. The molecule has 0 aliphatic heterocycles. The summed E-state index contributed by atoms with van der Waals surface area (Å²) in [5, 5.41) is 29.1. The zero-order chi connectivity index (χ0) is 29.9. The molecule has 4 aromatic rings. The van der Waals surface area contributed by atoms with Crippen molar-refractivity contribution in [3.63, 3.8) is 0 Å². The molecule has 0 spiro atoms. The molecule has 0 aliphatic rings. The fourth-order valence-corrected chi connectivity index (χ4v) is 4.25. The van der Waals surface area contributed by atoms with E-state index in [-0.39, 0.29) is 25.3 Å². The average molecular weight is 617 g/mol. The molecule has 0 bridgehead atoms. The number of aromatic nitrogens is 3. The van der Waals surface area contributed by atoms with E-state index in [9.17, 15) is 9.90 Å². The fraction of sp³-hybridized carbons (Fsp3) is 0.286. The Balaban J connectivity index is 1.55. The lowest BCUT2D eigenvalue weighted by Gasteiger charge is -2.18. The number of hydrogen-bond acceptors (Lipinski definition) is 11. The van der Waals surface area contributed by atoms with Gasteiger partial charge in [0, 0.05) is 29.5 Å². The Kier molecular flexibility index (Phi) is 11.3. The second-order valence-corrected chi connectivity index (χ2v) is 9.66. The minimum Gasteiger partial charge on any atom is -0.478 e. The summed E-state index contributed by atoms with van der Waals surface area (Å²) < 4.78 is 16.8. The lowest BCUT2D eigenvalue weighted by atomic mass is 10.2. The third kappa shape index (κ3) is 8.54. The molecule has 3 heterocycles. The summed E-state index contributed by atoms with van der Waals surface area (Å²) in [6.45, 7) is 3.72. The Hall–Kier alpha value is -3.94. The van der Waals surface area contributed by atoms with Gasteiger partial charge in [-0.25, -0.2) is 14.8 Å². The van der Waals surface area contributed by atoms with Crippen molar-refractivity contribution in [2.75, 3.05) is 55.5 Å². The largest absolute Gasteiger partial charge is 0.478 e. The minimum absolute atomic E-state index is 0.0138. The highest BCUT2D eigenvalue weighted by atomic mass is 35.5. The van der Waals surface area contributed by atoms with Gasteiger partial charge in [-0.05, 0) is 43.3 Å². The van der Waals surface area contributed by atoms with Gasteiger partial charge in [-0.1, -0.05) is 23.2 Å². The summed E-state index contributed by atoms with van der Waals surface area (Å²) >= 11 is 12.5. The van der Waals surface area contributed by atoms with Crippen LogP contribution in [0, 0.1) is 6.92 Å². The van der Waals surface area contributed by atoms with Crippen LogP contribution in [-0.4, -0.2) is 70.7 Å². The van der Waals surface area contributed by atoms with Crippen molar-refractivity contribution in [2.45, 2.75) is 13.5 Å². The van der Waals surface area contributed by atoms with Crippen LogP contribution in [-0.2, 0) is 16.0 Å². The van der Waals surface area contributed by atoms with Crippen LogP contribution in [0.5, 0.6) is 0 Å². The van der Waals surface area contributed by atoms with Crippen molar-refractivity contribution in [3.8, 4) is 11.3 Å². The van der Waals surface area contributed by atoms with Crippen LogP contribution < -0.4 is 16.0 Å². The molecule has 0 atom stereocenters. The Morgan fingerprint density at radius 2 is 1.79 bits per heavy atom. The van der Waals surface area contributed by atoms with Crippen molar-refractivity contribution in [1.29, 1.82) is 0 Å². The van der Waals surface area contributed by atoms with Crippen LogP contribution in [0.4, 0.5) is 23.0 Å². The van der Waals surface area contributed by atoms with Crippen molar-refractivity contribution in [2.24, 2.45) is 0 Å². The van der Waals surface area contributed by atoms with E-state index in [2.05, 4.69) is 30.9 Å². The summed E-state index contributed by atoms with van der Waals surface area (Å²) in [4.78, 5) is 24.8. The highest BCUT2D eigenvalue weighted by molar-refractivity contribution is 6.35. The standard InChI is InChI=1S/C28H30Cl2N6O6/c1-17-34-26(32-8-10-40-12-13-41-11-9-37)25(27(35-17)36-23-6-7-31-16-21(23)28(38)39)33-15-19-3-5-24(42-19)20-14-18(29)2-4-22(20)30/h2-7,14,16,33,37H,8-13,15H2,1H3,(H,38,39)(H2,31,32,34,35,36). The van der Waals surface area contributed by atoms with E-state index >= 15 is 0 Å². The van der Waals surface area contributed by atoms with E-state index < -0.39 is 5.97 Å². The Bertz CT molecular complexity index is 1500. The molecule has 3 aromatic heterocycles. The molecule has 0 aliphatic carbocycles. The van der Waals surface area contributed by atoms with Crippen molar-refractivity contribution in [3.05, 3.63) is 76.0 Å². The number of carboxylic acid groups (broad SMARTS) is 1. The van der Waals surface area contributed by atoms with Crippen LogP contribution >= 0.6 is 23.2 Å². The summed E-state index contributed by atoms with van der Waals surface area (Å²) in [6.07, 6.45) is 2.75. The van der Waals surface area contributed by atoms with Crippen LogP contribution in [0.15, 0.2) is 53.2 Å². The number of carbonyl (C=O) groups is 1. The molecule has 0 radical (unpaired) electrons. The quantitative estimate of drug-likeness (QED) is 0.104. The van der Waals surface area contributed by atoms with Crippen LogP contribution in [0.1, 0.15) is 21.9 Å². The molecule has 0 saturated carbocycles. The van der Waals surface area contributed by atoms with Gasteiger partial charge >= 0.3 is 5.97 Å². The van der Waals surface area contributed by atoms with E-state index in [1.54, 1.807) is 37.3 Å². The number of furan rings is 1. The van der Waals surface area contributed by atoms with Gasteiger partial charge in [-0.2, -0.15) is 0 Å². The summed E-state index contributed by atoms with van der Waals surface area (Å²) in [6, 6.07) is 10.3. The number of aryl methyl sites for hydroxylation is 1. The van der Waals surface area contributed by atoms with Gasteiger partial charge in [0.15, 0.2) is 11.6 Å². The summed E-state index contributed by atoms with van der Waals surface area (Å²) in [5.74, 6) is 1.29. The van der Waals surface area contributed by atoms with E-state index in [0.717, 1.165) is 0 Å². The third-order valence-electron chi connectivity index (χ3n) is 5.77. The topological polar surface area (TPSA) is 164 Å². The van der Waals surface area contributed by atoms with Gasteiger partial charge < -0.3 is 40.1 Å².